The predicted molar refractivity (Wildman–Crippen MR) is 96.2 cm³/mol. The molecule has 1 saturated heterocycles. The van der Waals surface area contributed by atoms with Gasteiger partial charge in [-0.1, -0.05) is 18.2 Å². The number of ether oxygens (including phenoxy) is 1. The van der Waals surface area contributed by atoms with Gasteiger partial charge in [-0.05, 0) is 84.7 Å². The van der Waals surface area contributed by atoms with E-state index in [1.54, 1.807) is 19.2 Å². The summed E-state index contributed by atoms with van der Waals surface area (Å²) in [6.07, 6.45) is 6.36. The smallest absolute Gasteiger partial charge is 0.260 e. The molecule has 4 aliphatic carbocycles. The fourth-order valence-corrected chi connectivity index (χ4v) is 6.79. The van der Waals surface area contributed by atoms with Crippen LogP contribution >= 0.6 is 0 Å². The van der Waals surface area contributed by atoms with Crippen molar-refractivity contribution in [3.63, 3.8) is 0 Å². The minimum atomic E-state index is -0.818. The number of methoxy groups -OCH3 is 1. The van der Waals surface area contributed by atoms with Crippen LogP contribution in [0.15, 0.2) is 36.4 Å². The van der Waals surface area contributed by atoms with Crippen LogP contribution in [-0.4, -0.2) is 17.8 Å². The van der Waals surface area contributed by atoms with Gasteiger partial charge in [0.1, 0.15) is 5.75 Å². The van der Waals surface area contributed by atoms with Crippen LogP contribution in [0.25, 0.3) is 10.8 Å². The molecule has 4 bridgehead atoms. The number of benzene rings is 2. The molecule has 1 spiro atoms. The number of hydrogen-bond acceptors (Lipinski definition) is 4. The molecule has 5 fully saturated rings. The summed E-state index contributed by atoms with van der Waals surface area (Å²) >= 11 is 0. The fourth-order valence-electron chi connectivity index (χ4n) is 6.79. The summed E-state index contributed by atoms with van der Waals surface area (Å²) in [5.41, 5.74) is 0.677. The summed E-state index contributed by atoms with van der Waals surface area (Å²) in [7, 11) is 1.75. The van der Waals surface area contributed by atoms with Crippen LogP contribution in [0.5, 0.6) is 5.75 Å². The van der Waals surface area contributed by atoms with Gasteiger partial charge in [0.25, 0.3) is 5.79 Å². The van der Waals surface area contributed by atoms with Gasteiger partial charge in [-0.2, -0.15) is 4.89 Å². The Bertz CT molecular complexity index is 859. The van der Waals surface area contributed by atoms with E-state index < -0.39 is 5.79 Å². The molecule has 7 rings (SSSR count). The Morgan fingerprint density at radius 2 is 1.54 bits per heavy atom. The maximum absolute atomic E-state index is 9.73. The van der Waals surface area contributed by atoms with Crippen LogP contribution in [0.4, 0.5) is 0 Å². The second-order valence-corrected chi connectivity index (χ2v) is 8.83. The lowest BCUT2D eigenvalue weighted by Crippen LogP contribution is -2.76. The van der Waals surface area contributed by atoms with Crippen LogP contribution in [0, 0.1) is 23.7 Å². The summed E-state index contributed by atoms with van der Waals surface area (Å²) in [6, 6.07) is 11.7. The number of phenols is 1. The summed E-state index contributed by atoms with van der Waals surface area (Å²) in [5.74, 6) is 2.23. The van der Waals surface area contributed by atoms with E-state index in [0.717, 1.165) is 28.2 Å². The lowest BCUT2D eigenvalue weighted by atomic mass is 9.47. The molecular formula is C22H24O4. The molecule has 2 aromatic carbocycles. The monoisotopic (exact) mass is 352 g/mol. The minimum Gasteiger partial charge on any atom is -0.508 e. The third-order valence-electron chi connectivity index (χ3n) is 7.65. The van der Waals surface area contributed by atoms with Gasteiger partial charge in [-0.3, -0.25) is 0 Å². The zero-order valence-electron chi connectivity index (χ0n) is 15.0. The van der Waals surface area contributed by atoms with E-state index in [9.17, 15) is 5.11 Å². The van der Waals surface area contributed by atoms with Crippen molar-refractivity contribution >= 4 is 10.8 Å². The van der Waals surface area contributed by atoms with Crippen LogP contribution < -0.4 is 0 Å². The zero-order chi connectivity index (χ0) is 17.5. The zero-order valence-corrected chi connectivity index (χ0v) is 15.0. The van der Waals surface area contributed by atoms with E-state index in [1.807, 2.05) is 12.1 Å². The molecule has 4 nitrogen and oxygen atoms in total. The first kappa shape index (κ1) is 15.4. The topological polar surface area (TPSA) is 47.9 Å². The number of aromatic hydroxyl groups is 1. The first-order chi connectivity index (χ1) is 12.6. The molecule has 4 heteroatoms. The SMILES string of the molecule is COC1(c2ccc3cc(O)ccc3c2)OOC12C1CC3CC(C1)CC2C3. The van der Waals surface area contributed by atoms with Crippen LogP contribution in [-0.2, 0) is 20.3 Å². The minimum absolute atomic E-state index is 0.285. The van der Waals surface area contributed by atoms with Crippen LogP contribution in [0.2, 0.25) is 0 Å². The first-order valence-corrected chi connectivity index (χ1v) is 9.80. The maximum atomic E-state index is 9.73. The second-order valence-electron chi connectivity index (χ2n) is 8.83. The van der Waals surface area contributed by atoms with Gasteiger partial charge in [0.05, 0.1) is 0 Å². The van der Waals surface area contributed by atoms with Crippen molar-refractivity contribution in [1.29, 1.82) is 0 Å². The van der Waals surface area contributed by atoms with Crippen LogP contribution in [0.3, 0.4) is 0 Å². The van der Waals surface area contributed by atoms with Crippen molar-refractivity contribution in [3.8, 4) is 5.75 Å². The Balaban J connectivity index is 1.48. The maximum Gasteiger partial charge on any atom is 0.260 e. The molecule has 0 radical (unpaired) electrons. The third-order valence-corrected chi connectivity index (χ3v) is 7.65. The van der Waals surface area contributed by atoms with E-state index in [0.29, 0.717) is 11.8 Å². The molecule has 26 heavy (non-hydrogen) atoms. The Labute approximate surface area is 153 Å². The van der Waals surface area contributed by atoms with Crippen molar-refractivity contribution in [2.45, 2.75) is 43.5 Å². The molecule has 136 valence electrons. The summed E-state index contributed by atoms with van der Waals surface area (Å²) in [6.45, 7) is 0. The molecule has 1 aliphatic heterocycles. The van der Waals surface area contributed by atoms with Gasteiger partial charge in [0.2, 0.25) is 0 Å². The highest BCUT2D eigenvalue weighted by atomic mass is 17.3. The Hall–Kier alpha value is -1.62. The molecule has 5 aliphatic rings. The molecule has 0 aromatic heterocycles. The van der Waals surface area contributed by atoms with E-state index in [2.05, 4.69) is 12.1 Å². The predicted octanol–water partition coefficient (Wildman–Crippen LogP) is 4.50. The van der Waals surface area contributed by atoms with E-state index in [1.165, 1.54) is 32.1 Å². The molecule has 0 amide bonds. The van der Waals surface area contributed by atoms with Gasteiger partial charge in [0, 0.05) is 12.7 Å². The molecule has 1 N–H and O–H groups in total. The molecule has 2 aromatic rings. The van der Waals surface area contributed by atoms with Gasteiger partial charge in [-0.25, -0.2) is 4.89 Å². The number of rotatable bonds is 2. The van der Waals surface area contributed by atoms with Gasteiger partial charge in [0.15, 0.2) is 5.60 Å². The van der Waals surface area contributed by atoms with Gasteiger partial charge >= 0.3 is 0 Å². The number of hydrogen-bond donors (Lipinski definition) is 1. The average molecular weight is 352 g/mol. The quantitative estimate of drug-likeness (QED) is 0.809. The number of fused-ring (bicyclic) bond motifs is 1. The Kier molecular flexibility index (Phi) is 2.97. The lowest BCUT2D eigenvalue weighted by Gasteiger charge is -2.68. The van der Waals surface area contributed by atoms with Crippen molar-refractivity contribution in [2.24, 2.45) is 23.7 Å². The van der Waals surface area contributed by atoms with E-state index in [-0.39, 0.29) is 11.4 Å². The lowest BCUT2D eigenvalue weighted by molar-refractivity contribution is -0.645. The summed E-state index contributed by atoms with van der Waals surface area (Å²) < 4.78 is 6.12. The Morgan fingerprint density at radius 1 is 0.885 bits per heavy atom. The average Bonchev–Trinajstić information content (AvgIpc) is 2.61. The van der Waals surface area contributed by atoms with E-state index in [4.69, 9.17) is 14.5 Å². The van der Waals surface area contributed by atoms with Crippen molar-refractivity contribution in [3.05, 3.63) is 42.0 Å². The highest BCUT2D eigenvalue weighted by molar-refractivity contribution is 5.84. The van der Waals surface area contributed by atoms with Crippen molar-refractivity contribution in [1.82, 2.24) is 0 Å². The Morgan fingerprint density at radius 3 is 2.15 bits per heavy atom. The van der Waals surface area contributed by atoms with Gasteiger partial charge < -0.3 is 9.84 Å². The second kappa shape index (κ2) is 5.00. The standard InChI is InChI=1S/C22H24O4/c1-24-22(17-4-2-16-12-20(23)5-3-15(16)11-17)21(25-26-22)18-7-13-6-14(9-18)10-19(21)8-13/h2-5,11-14,18-19,23H,6-10H2,1H3. The molecule has 1 atom stereocenters. The van der Waals surface area contributed by atoms with Gasteiger partial charge in [-0.15, -0.1) is 0 Å². The van der Waals surface area contributed by atoms with Crippen molar-refractivity contribution in [2.75, 3.05) is 7.11 Å². The van der Waals surface area contributed by atoms with Crippen molar-refractivity contribution < 1.29 is 19.6 Å². The molecule has 1 unspecified atom stereocenters. The molecule has 1 heterocycles. The fraction of sp³-hybridized carbons (Fsp3) is 0.545. The third kappa shape index (κ3) is 1.71. The largest absolute Gasteiger partial charge is 0.508 e. The highest BCUT2D eigenvalue weighted by Crippen LogP contribution is 2.69. The summed E-state index contributed by atoms with van der Waals surface area (Å²) in [4.78, 5) is 11.9. The summed E-state index contributed by atoms with van der Waals surface area (Å²) in [5, 5.41) is 11.8. The van der Waals surface area contributed by atoms with E-state index >= 15 is 0 Å². The first-order valence-electron chi connectivity index (χ1n) is 9.80. The normalized spacial score (nSPS) is 43.1. The number of phenolic OH excluding ortho intramolecular Hbond substituents is 1. The highest BCUT2D eigenvalue weighted by Gasteiger charge is 2.76. The molecule has 4 saturated carbocycles. The molecular weight excluding hydrogens is 328 g/mol. The van der Waals surface area contributed by atoms with Crippen LogP contribution in [0.1, 0.15) is 37.7 Å².